The number of nitrogens with one attached hydrogen (secondary N) is 1. The molecule has 2 rings (SSSR count). The standard InChI is InChI=1S/C16H22N2O2S/c1-16(11-7-4-8-12-16)15(18-21(2,19)20)14(17)13-9-5-3-6-10-13/h3-11,14-15,18H,12,17H2,1-2H3/t14-,15+,16?/m1/s1. The van der Waals surface area contributed by atoms with Gasteiger partial charge in [0.05, 0.1) is 12.3 Å². The van der Waals surface area contributed by atoms with Gasteiger partial charge in [0.2, 0.25) is 10.0 Å². The Bertz CT molecular complexity index is 638. The molecule has 1 aromatic rings. The number of sulfonamides is 1. The highest BCUT2D eigenvalue weighted by Gasteiger charge is 2.38. The van der Waals surface area contributed by atoms with Crippen LogP contribution in [0.4, 0.5) is 0 Å². The van der Waals surface area contributed by atoms with Crippen molar-refractivity contribution in [1.29, 1.82) is 0 Å². The van der Waals surface area contributed by atoms with E-state index in [4.69, 9.17) is 5.73 Å². The lowest BCUT2D eigenvalue weighted by molar-refractivity contribution is 0.275. The molecule has 1 aliphatic carbocycles. The molecule has 0 fully saturated rings. The average Bonchev–Trinajstić information content (AvgIpc) is 2.45. The van der Waals surface area contributed by atoms with E-state index in [1.54, 1.807) is 0 Å². The monoisotopic (exact) mass is 306 g/mol. The van der Waals surface area contributed by atoms with Crippen LogP contribution in [0.1, 0.15) is 24.9 Å². The van der Waals surface area contributed by atoms with Crippen molar-refractivity contribution in [1.82, 2.24) is 4.72 Å². The Morgan fingerprint density at radius 1 is 1.24 bits per heavy atom. The zero-order chi connectivity index (χ0) is 15.5. The van der Waals surface area contributed by atoms with Crippen LogP contribution in [0.5, 0.6) is 0 Å². The second-order valence-electron chi connectivity index (χ2n) is 5.80. The van der Waals surface area contributed by atoms with Gasteiger partial charge in [-0.3, -0.25) is 0 Å². The van der Waals surface area contributed by atoms with Crippen LogP contribution in [0, 0.1) is 5.41 Å². The molecule has 4 nitrogen and oxygen atoms in total. The highest BCUT2D eigenvalue weighted by molar-refractivity contribution is 7.88. The Morgan fingerprint density at radius 3 is 2.43 bits per heavy atom. The smallest absolute Gasteiger partial charge is 0.209 e. The van der Waals surface area contributed by atoms with Gasteiger partial charge in [0, 0.05) is 11.5 Å². The van der Waals surface area contributed by atoms with Gasteiger partial charge >= 0.3 is 0 Å². The molecule has 1 unspecified atom stereocenters. The number of rotatable bonds is 5. The third-order valence-electron chi connectivity index (χ3n) is 3.88. The van der Waals surface area contributed by atoms with E-state index in [9.17, 15) is 8.42 Å². The zero-order valence-electron chi connectivity index (χ0n) is 12.4. The first-order valence-corrected chi connectivity index (χ1v) is 8.83. The highest BCUT2D eigenvalue weighted by atomic mass is 32.2. The first kappa shape index (κ1) is 15.9. The maximum absolute atomic E-state index is 11.8. The number of benzene rings is 1. The largest absolute Gasteiger partial charge is 0.323 e. The van der Waals surface area contributed by atoms with E-state index in [1.165, 1.54) is 6.26 Å². The van der Waals surface area contributed by atoms with E-state index in [2.05, 4.69) is 4.72 Å². The Morgan fingerprint density at radius 2 is 1.90 bits per heavy atom. The summed E-state index contributed by atoms with van der Waals surface area (Å²) in [6.45, 7) is 2.03. The molecule has 0 spiro atoms. The normalized spacial score (nSPS) is 24.7. The third kappa shape index (κ3) is 4.03. The van der Waals surface area contributed by atoms with E-state index in [0.717, 1.165) is 12.0 Å². The molecular weight excluding hydrogens is 284 g/mol. The van der Waals surface area contributed by atoms with Crippen molar-refractivity contribution in [2.45, 2.75) is 25.4 Å². The molecule has 0 aromatic heterocycles. The van der Waals surface area contributed by atoms with Crippen LogP contribution >= 0.6 is 0 Å². The van der Waals surface area contributed by atoms with Crippen LogP contribution in [0.3, 0.4) is 0 Å². The molecule has 5 heteroatoms. The molecular formula is C16H22N2O2S. The summed E-state index contributed by atoms with van der Waals surface area (Å²) in [7, 11) is -3.35. The SMILES string of the molecule is CC1([C@@H](NS(C)(=O)=O)[C@H](N)c2ccccc2)C=CC=CC1. The minimum absolute atomic E-state index is 0.354. The number of hydrogen-bond acceptors (Lipinski definition) is 3. The summed E-state index contributed by atoms with van der Waals surface area (Å²) in [5.41, 5.74) is 6.94. The van der Waals surface area contributed by atoms with E-state index >= 15 is 0 Å². The number of allylic oxidation sites excluding steroid dienone is 3. The summed E-state index contributed by atoms with van der Waals surface area (Å²) >= 11 is 0. The van der Waals surface area contributed by atoms with Crippen LogP contribution < -0.4 is 10.5 Å². The maximum Gasteiger partial charge on any atom is 0.209 e. The van der Waals surface area contributed by atoms with Gasteiger partial charge in [-0.1, -0.05) is 61.6 Å². The van der Waals surface area contributed by atoms with E-state index in [-0.39, 0.29) is 5.41 Å². The first-order valence-electron chi connectivity index (χ1n) is 6.94. The summed E-state index contributed by atoms with van der Waals surface area (Å²) in [6.07, 6.45) is 9.89. The van der Waals surface area contributed by atoms with Crippen molar-refractivity contribution in [3.63, 3.8) is 0 Å². The Kier molecular flexibility index (Phi) is 4.66. The quantitative estimate of drug-likeness (QED) is 0.875. The molecule has 3 atom stereocenters. The van der Waals surface area contributed by atoms with Crippen molar-refractivity contribution in [2.75, 3.05) is 6.26 Å². The molecule has 0 bridgehead atoms. The van der Waals surface area contributed by atoms with Crippen LogP contribution in [-0.4, -0.2) is 20.7 Å². The van der Waals surface area contributed by atoms with Crippen LogP contribution in [0.25, 0.3) is 0 Å². The van der Waals surface area contributed by atoms with Gasteiger partial charge < -0.3 is 5.73 Å². The topological polar surface area (TPSA) is 72.2 Å². The van der Waals surface area contributed by atoms with Crippen molar-refractivity contribution < 1.29 is 8.42 Å². The van der Waals surface area contributed by atoms with Gasteiger partial charge in [0.15, 0.2) is 0 Å². The fourth-order valence-corrected chi connectivity index (χ4v) is 3.57. The predicted molar refractivity (Wildman–Crippen MR) is 86.1 cm³/mol. The third-order valence-corrected chi connectivity index (χ3v) is 4.56. The molecule has 1 aliphatic rings. The lowest BCUT2D eigenvalue weighted by Crippen LogP contribution is -2.51. The summed E-state index contributed by atoms with van der Waals surface area (Å²) < 4.78 is 26.2. The molecule has 0 aliphatic heterocycles. The van der Waals surface area contributed by atoms with Crippen LogP contribution in [-0.2, 0) is 10.0 Å². The Labute approximate surface area is 126 Å². The van der Waals surface area contributed by atoms with Gasteiger partial charge in [-0.15, -0.1) is 0 Å². The van der Waals surface area contributed by atoms with Gasteiger partial charge in [-0.05, 0) is 12.0 Å². The van der Waals surface area contributed by atoms with Gasteiger partial charge in [-0.25, -0.2) is 13.1 Å². The number of nitrogens with two attached hydrogens (primary N) is 1. The van der Waals surface area contributed by atoms with Gasteiger partial charge in [0.25, 0.3) is 0 Å². The van der Waals surface area contributed by atoms with Crippen molar-refractivity contribution in [3.8, 4) is 0 Å². The molecule has 0 saturated carbocycles. The van der Waals surface area contributed by atoms with Crippen LogP contribution in [0.15, 0.2) is 54.6 Å². The molecule has 114 valence electrons. The zero-order valence-corrected chi connectivity index (χ0v) is 13.2. The minimum atomic E-state index is -3.35. The first-order chi connectivity index (χ1) is 9.82. The van der Waals surface area contributed by atoms with E-state index < -0.39 is 22.1 Å². The molecule has 0 radical (unpaired) electrons. The number of hydrogen-bond donors (Lipinski definition) is 2. The van der Waals surface area contributed by atoms with E-state index in [1.807, 2.05) is 61.6 Å². The molecule has 21 heavy (non-hydrogen) atoms. The second-order valence-corrected chi connectivity index (χ2v) is 7.58. The molecule has 0 heterocycles. The lowest BCUT2D eigenvalue weighted by Gasteiger charge is -2.39. The van der Waals surface area contributed by atoms with Crippen molar-refractivity contribution >= 4 is 10.0 Å². The molecule has 0 saturated heterocycles. The molecule has 0 amide bonds. The Balaban J connectivity index is 2.37. The van der Waals surface area contributed by atoms with Crippen LogP contribution in [0.2, 0.25) is 0 Å². The predicted octanol–water partition coefficient (Wildman–Crippen LogP) is 2.13. The second kappa shape index (κ2) is 6.13. The fourth-order valence-electron chi connectivity index (χ4n) is 2.69. The van der Waals surface area contributed by atoms with Gasteiger partial charge in [0.1, 0.15) is 0 Å². The summed E-state index contributed by atoms with van der Waals surface area (Å²) in [6, 6.07) is 8.76. The summed E-state index contributed by atoms with van der Waals surface area (Å²) in [4.78, 5) is 0. The highest BCUT2D eigenvalue weighted by Crippen LogP contribution is 2.36. The lowest BCUT2D eigenvalue weighted by atomic mass is 9.73. The molecule has 1 aromatic carbocycles. The maximum atomic E-state index is 11.8. The van der Waals surface area contributed by atoms with E-state index in [0.29, 0.717) is 0 Å². The fraction of sp³-hybridized carbons (Fsp3) is 0.375. The van der Waals surface area contributed by atoms with Gasteiger partial charge in [-0.2, -0.15) is 0 Å². The summed E-state index contributed by atoms with van der Waals surface area (Å²) in [5.74, 6) is 0. The average molecular weight is 306 g/mol. The van der Waals surface area contributed by atoms with Crippen molar-refractivity contribution in [2.24, 2.45) is 11.1 Å². The minimum Gasteiger partial charge on any atom is -0.323 e. The molecule has 3 N–H and O–H groups in total. The van der Waals surface area contributed by atoms with Crippen molar-refractivity contribution in [3.05, 3.63) is 60.2 Å². The summed E-state index contributed by atoms with van der Waals surface area (Å²) in [5, 5.41) is 0. The Hall–Kier alpha value is -1.43.